The molecule has 1 unspecified atom stereocenters. The van der Waals surface area contributed by atoms with Crippen molar-refractivity contribution in [1.82, 2.24) is 14.5 Å². The quantitative estimate of drug-likeness (QED) is 0.766. The zero-order valence-electron chi connectivity index (χ0n) is 16.4. The molecule has 7 nitrogen and oxygen atoms in total. The standard InChI is InChI=1S/C21H28N4O3/c1-15(2)20(26)23-18-5-3-17(4-6-18)19(21(27)28)25-10-7-16(8-11-25)13-24-12-9-22-14-24/h3-6,9,12,14-16,19H,7-8,10-11,13H2,1-2H3,(H,23,26)(H,27,28). The predicted molar refractivity (Wildman–Crippen MR) is 107 cm³/mol. The minimum atomic E-state index is -0.841. The molecule has 1 amide bonds. The second-order valence-electron chi connectivity index (χ2n) is 7.75. The van der Waals surface area contributed by atoms with E-state index in [-0.39, 0.29) is 11.8 Å². The van der Waals surface area contributed by atoms with Crippen LogP contribution in [0.2, 0.25) is 0 Å². The van der Waals surface area contributed by atoms with Gasteiger partial charge in [0.25, 0.3) is 0 Å². The van der Waals surface area contributed by atoms with Crippen molar-refractivity contribution < 1.29 is 14.7 Å². The Balaban J connectivity index is 1.62. The van der Waals surface area contributed by atoms with E-state index >= 15 is 0 Å². The molecule has 1 aromatic heterocycles. The number of piperidine rings is 1. The molecule has 0 spiro atoms. The van der Waals surface area contributed by atoms with Crippen molar-refractivity contribution in [2.75, 3.05) is 18.4 Å². The summed E-state index contributed by atoms with van der Waals surface area (Å²) in [5, 5.41) is 12.7. The Hall–Kier alpha value is -2.67. The summed E-state index contributed by atoms with van der Waals surface area (Å²) in [6.07, 6.45) is 7.50. The number of anilines is 1. The highest BCUT2D eigenvalue weighted by Crippen LogP contribution is 2.29. The molecule has 2 N–H and O–H groups in total. The number of nitrogens with one attached hydrogen (secondary N) is 1. The molecular weight excluding hydrogens is 356 g/mol. The topological polar surface area (TPSA) is 87.5 Å². The molecule has 1 aromatic carbocycles. The molecule has 0 saturated carbocycles. The first kappa shape index (κ1) is 20.1. The van der Waals surface area contributed by atoms with E-state index in [2.05, 4.69) is 14.9 Å². The fraction of sp³-hybridized carbons (Fsp3) is 0.476. The number of carbonyl (C=O) groups is 2. The zero-order chi connectivity index (χ0) is 20.1. The molecule has 0 radical (unpaired) electrons. The number of carboxylic acid groups (broad SMARTS) is 1. The van der Waals surface area contributed by atoms with Crippen LogP contribution in [0.1, 0.15) is 38.3 Å². The molecule has 1 atom stereocenters. The van der Waals surface area contributed by atoms with Crippen molar-refractivity contribution in [2.45, 2.75) is 39.3 Å². The van der Waals surface area contributed by atoms with E-state index in [9.17, 15) is 14.7 Å². The summed E-state index contributed by atoms with van der Waals surface area (Å²) in [4.78, 5) is 29.9. The fourth-order valence-electron chi connectivity index (χ4n) is 3.63. The van der Waals surface area contributed by atoms with Crippen molar-refractivity contribution in [3.63, 3.8) is 0 Å². The molecule has 3 rings (SSSR count). The first-order valence-corrected chi connectivity index (χ1v) is 9.77. The van der Waals surface area contributed by atoms with Crippen LogP contribution in [0, 0.1) is 11.8 Å². The van der Waals surface area contributed by atoms with E-state index in [4.69, 9.17) is 0 Å². The van der Waals surface area contributed by atoms with Gasteiger partial charge in [0.15, 0.2) is 0 Å². The highest BCUT2D eigenvalue weighted by Gasteiger charge is 2.31. The SMILES string of the molecule is CC(C)C(=O)Nc1ccc(C(C(=O)O)N2CCC(Cn3ccnc3)CC2)cc1. The fourth-order valence-corrected chi connectivity index (χ4v) is 3.63. The summed E-state index contributed by atoms with van der Waals surface area (Å²) in [6.45, 7) is 6.10. The summed E-state index contributed by atoms with van der Waals surface area (Å²) in [5.41, 5.74) is 1.42. The van der Waals surface area contributed by atoms with Gasteiger partial charge >= 0.3 is 5.97 Å². The van der Waals surface area contributed by atoms with Crippen LogP contribution in [0.5, 0.6) is 0 Å². The minimum absolute atomic E-state index is 0.0532. The summed E-state index contributed by atoms with van der Waals surface area (Å²) in [6, 6.07) is 6.48. The van der Waals surface area contributed by atoms with Crippen molar-refractivity contribution in [2.24, 2.45) is 11.8 Å². The number of hydrogen-bond acceptors (Lipinski definition) is 4. The predicted octanol–water partition coefficient (Wildman–Crippen LogP) is 3.02. The Morgan fingerprint density at radius 1 is 1.21 bits per heavy atom. The lowest BCUT2D eigenvalue weighted by molar-refractivity contribution is -0.144. The first-order valence-electron chi connectivity index (χ1n) is 9.77. The van der Waals surface area contributed by atoms with E-state index in [0.29, 0.717) is 11.6 Å². The first-order chi connectivity index (χ1) is 13.4. The van der Waals surface area contributed by atoms with Crippen molar-refractivity contribution >= 4 is 17.6 Å². The maximum atomic E-state index is 12.0. The third kappa shape index (κ3) is 4.98. The van der Waals surface area contributed by atoms with Gasteiger partial charge in [-0.15, -0.1) is 0 Å². The van der Waals surface area contributed by atoms with Gasteiger partial charge in [0.1, 0.15) is 6.04 Å². The maximum Gasteiger partial charge on any atom is 0.325 e. The summed E-state index contributed by atoms with van der Waals surface area (Å²) >= 11 is 0. The van der Waals surface area contributed by atoms with Gasteiger partial charge < -0.3 is 15.0 Å². The Morgan fingerprint density at radius 2 is 1.89 bits per heavy atom. The summed E-state index contributed by atoms with van der Waals surface area (Å²) in [5.74, 6) is -0.460. The molecule has 1 saturated heterocycles. The Bertz CT molecular complexity index is 778. The minimum Gasteiger partial charge on any atom is -0.480 e. The van der Waals surface area contributed by atoms with E-state index in [1.807, 2.05) is 31.3 Å². The Kier molecular flexibility index (Phi) is 6.46. The van der Waals surface area contributed by atoms with Crippen molar-refractivity contribution in [3.05, 3.63) is 48.5 Å². The van der Waals surface area contributed by atoms with Crippen LogP contribution >= 0.6 is 0 Å². The smallest absolute Gasteiger partial charge is 0.325 e. The Labute approximate surface area is 165 Å². The number of aromatic nitrogens is 2. The van der Waals surface area contributed by atoms with Crippen LogP contribution < -0.4 is 5.32 Å². The molecule has 150 valence electrons. The van der Waals surface area contributed by atoms with Gasteiger partial charge in [-0.2, -0.15) is 0 Å². The normalized spacial score (nSPS) is 16.8. The number of rotatable bonds is 7. The van der Waals surface area contributed by atoms with Gasteiger partial charge in [0.2, 0.25) is 5.91 Å². The van der Waals surface area contributed by atoms with E-state index < -0.39 is 12.0 Å². The Morgan fingerprint density at radius 3 is 2.43 bits per heavy atom. The average molecular weight is 384 g/mol. The van der Waals surface area contributed by atoms with Gasteiger partial charge in [-0.25, -0.2) is 4.98 Å². The molecule has 0 bridgehead atoms. The molecule has 28 heavy (non-hydrogen) atoms. The number of imidazole rings is 1. The van der Waals surface area contributed by atoms with E-state index in [1.54, 1.807) is 30.5 Å². The third-order valence-electron chi connectivity index (χ3n) is 5.29. The number of benzene rings is 1. The van der Waals surface area contributed by atoms with Crippen LogP contribution in [0.4, 0.5) is 5.69 Å². The second kappa shape index (κ2) is 9.01. The molecule has 0 aliphatic carbocycles. The van der Waals surface area contributed by atoms with Gasteiger partial charge in [0.05, 0.1) is 6.33 Å². The molecule has 1 fully saturated rings. The zero-order valence-corrected chi connectivity index (χ0v) is 16.4. The van der Waals surface area contributed by atoms with Gasteiger partial charge in [0, 0.05) is 30.5 Å². The maximum absolute atomic E-state index is 12.0. The molecule has 1 aliphatic heterocycles. The van der Waals surface area contributed by atoms with Gasteiger partial charge in [-0.05, 0) is 49.5 Å². The van der Waals surface area contributed by atoms with Gasteiger partial charge in [-0.1, -0.05) is 26.0 Å². The van der Waals surface area contributed by atoms with Crippen LogP contribution in [0.25, 0.3) is 0 Å². The van der Waals surface area contributed by atoms with Crippen LogP contribution in [-0.4, -0.2) is 44.5 Å². The van der Waals surface area contributed by atoms with Crippen molar-refractivity contribution in [3.8, 4) is 0 Å². The van der Waals surface area contributed by atoms with Crippen LogP contribution in [0.15, 0.2) is 43.0 Å². The number of carbonyl (C=O) groups excluding carboxylic acids is 1. The number of nitrogens with zero attached hydrogens (tertiary/aromatic N) is 3. The lowest BCUT2D eigenvalue weighted by Crippen LogP contribution is -2.40. The largest absolute Gasteiger partial charge is 0.480 e. The van der Waals surface area contributed by atoms with E-state index in [0.717, 1.165) is 38.0 Å². The van der Waals surface area contributed by atoms with E-state index in [1.165, 1.54) is 0 Å². The summed E-state index contributed by atoms with van der Waals surface area (Å²) in [7, 11) is 0. The lowest BCUT2D eigenvalue weighted by atomic mass is 9.94. The molecule has 2 heterocycles. The van der Waals surface area contributed by atoms with Crippen LogP contribution in [-0.2, 0) is 16.1 Å². The number of amides is 1. The molecule has 2 aromatic rings. The second-order valence-corrected chi connectivity index (χ2v) is 7.75. The number of carboxylic acids is 1. The molecule has 7 heteroatoms. The van der Waals surface area contributed by atoms with Crippen LogP contribution in [0.3, 0.4) is 0 Å². The highest BCUT2D eigenvalue weighted by molar-refractivity contribution is 5.92. The average Bonchev–Trinajstić information content (AvgIpc) is 3.17. The number of aliphatic carboxylic acids is 1. The third-order valence-corrected chi connectivity index (χ3v) is 5.29. The molecular formula is C21H28N4O3. The lowest BCUT2D eigenvalue weighted by Gasteiger charge is -2.36. The van der Waals surface area contributed by atoms with Gasteiger partial charge in [-0.3, -0.25) is 14.5 Å². The van der Waals surface area contributed by atoms with Crippen molar-refractivity contribution in [1.29, 1.82) is 0 Å². The number of hydrogen-bond donors (Lipinski definition) is 2. The highest BCUT2D eigenvalue weighted by atomic mass is 16.4. The summed E-state index contributed by atoms with van der Waals surface area (Å²) < 4.78 is 2.08. The molecule has 1 aliphatic rings. The number of likely N-dealkylation sites (tertiary alicyclic amines) is 1. The monoisotopic (exact) mass is 384 g/mol.